The first-order valence-corrected chi connectivity index (χ1v) is 7.14. The Morgan fingerprint density at radius 3 is 2.65 bits per heavy atom. The maximum absolute atomic E-state index is 11.7. The van der Waals surface area contributed by atoms with Crippen LogP contribution in [0.1, 0.15) is 50.8 Å². The van der Waals surface area contributed by atoms with Crippen molar-refractivity contribution in [3.63, 3.8) is 0 Å². The van der Waals surface area contributed by atoms with Gasteiger partial charge in [-0.2, -0.15) is 0 Å². The van der Waals surface area contributed by atoms with Crippen molar-refractivity contribution in [3.8, 4) is 5.75 Å². The number of aliphatic hydroxyl groups is 1. The smallest absolute Gasteiger partial charge is 0.258 e. The molecule has 1 aromatic carbocycles. The molecule has 0 bridgehead atoms. The van der Waals surface area contributed by atoms with Crippen molar-refractivity contribution in [3.05, 3.63) is 29.3 Å². The Kier molecular flexibility index (Phi) is 6.52. The summed E-state index contributed by atoms with van der Waals surface area (Å²) in [5.41, 5.74) is 1.76. The second kappa shape index (κ2) is 7.90. The number of nitrogens with one attached hydrogen (secondary N) is 1. The SMILES string of the molecule is CCCC(C)NC(=O)COc1ccc([C@@H](C)O)cc1C. The van der Waals surface area contributed by atoms with Gasteiger partial charge in [-0.05, 0) is 50.5 Å². The number of amides is 1. The maximum atomic E-state index is 11.7. The fourth-order valence-corrected chi connectivity index (χ4v) is 2.06. The van der Waals surface area contributed by atoms with Crippen LogP contribution in [0.2, 0.25) is 0 Å². The standard InChI is InChI=1S/C16H25NO3/c1-5-6-12(3)17-16(19)10-20-15-8-7-14(13(4)18)9-11(15)2/h7-9,12-13,18H,5-6,10H2,1-4H3,(H,17,19)/t12?,13-/m1/s1. The molecule has 0 saturated carbocycles. The maximum Gasteiger partial charge on any atom is 0.258 e. The Labute approximate surface area is 121 Å². The molecule has 1 aromatic rings. The highest BCUT2D eigenvalue weighted by atomic mass is 16.5. The van der Waals surface area contributed by atoms with Crippen LogP contribution in [-0.4, -0.2) is 23.7 Å². The fourth-order valence-electron chi connectivity index (χ4n) is 2.06. The van der Waals surface area contributed by atoms with Gasteiger partial charge >= 0.3 is 0 Å². The van der Waals surface area contributed by atoms with E-state index in [-0.39, 0.29) is 18.6 Å². The second-order valence-electron chi connectivity index (χ2n) is 5.25. The zero-order chi connectivity index (χ0) is 15.1. The van der Waals surface area contributed by atoms with Crippen molar-refractivity contribution in [2.24, 2.45) is 0 Å². The number of benzene rings is 1. The van der Waals surface area contributed by atoms with Crippen LogP contribution in [0.15, 0.2) is 18.2 Å². The molecule has 2 N–H and O–H groups in total. The lowest BCUT2D eigenvalue weighted by atomic mass is 10.1. The van der Waals surface area contributed by atoms with E-state index >= 15 is 0 Å². The van der Waals surface area contributed by atoms with Gasteiger partial charge in [-0.15, -0.1) is 0 Å². The van der Waals surface area contributed by atoms with Crippen LogP contribution in [0.4, 0.5) is 0 Å². The molecule has 112 valence electrons. The molecule has 20 heavy (non-hydrogen) atoms. The van der Waals surface area contributed by atoms with Crippen LogP contribution >= 0.6 is 0 Å². The van der Waals surface area contributed by atoms with Gasteiger partial charge in [0.15, 0.2) is 6.61 Å². The molecule has 0 fully saturated rings. The first-order chi connectivity index (χ1) is 9.43. The lowest BCUT2D eigenvalue weighted by Gasteiger charge is -2.14. The highest BCUT2D eigenvalue weighted by molar-refractivity contribution is 5.77. The molecular formula is C16H25NO3. The largest absolute Gasteiger partial charge is 0.484 e. The molecule has 0 aromatic heterocycles. The molecule has 2 atom stereocenters. The quantitative estimate of drug-likeness (QED) is 0.807. The van der Waals surface area contributed by atoms with Crippen molar-refractivity contribution >= 4 is 5.91 Å². The molecule has 1 amide bonds. The van der Waals surface area contributed by atoms with Crippen LogP contribution < -0.4 is 10.1 Å². The minimum absolute atomic E-state index is 0.0168. The van der Waals surface area contributed by atoms with E-state index < -0.39 is 6.10 Å². The van der Waals surface area contributed by atoms with Gasteiger partial charge in [0, 0.05) is 6.04 Å². The number of hydrogen-bond donors (Lipinski definition) is 2. The third-order valence-corrected chi connectivity index (χ3v) is 3.17. The Bertz CT molecular complexity index is 443. The molecule has 4 heteroatoms. The molecule has 0 aliphatic carbocycles. The number of aryl methyl sites for hydroxylation is 1. The fraction of sp³-hybridized carbons (Fsp3) is 0.562. The van der Waals surface area contributed by atoms with Crippen molar-refractivity contribution in [1.82, 2.24) is 5.32 Å². The molecule has 0 saturated heterocycles. The molecule has 1 unspecified atom stereocenters. The minimum Gasteiger partial charge on any atom is -0.484 e. The average molecular weight is 279 g/mol. The molecule has 0 radical (unpaired) electrons. The summed E-state index contributed by atoms with van der Waals surface area (Å²) in [6.07, 6.45) is 1.51. The summed E-state index contributed by atoms with van der Waals surface area (Å²) in [5, 5.41) is 12.4. The van der Waals surface area contributed by atoms with E-state index in [1.165, 1.54) is 0 Å². The summed E-state index contributed by atoms with van der Waals surface area (Å²) >= 11 is 0. The first-order valence-electron chi connectivity index (χ1n) is 7.14. The number of carbonyl (C=O) groups excluding carboxylic acids is 1. The van der Waals surface area contributed by atoms with Gasteiger partial charge in [-0.3, -0.25) is 4.79 Å². The zero-order valence-corrected chi connectivity index (χ0v) is 12.8. The van der Waals surface area contributed by atoms with Gasteiger partial charge in [-0.1, -0.05) is 19.4 Å². The number of rotatable bonds is 7. The van der Waals surface area contributed by atoms with E-state index in [9.17, 15) is 9.90 Å². The van der Waals surface area contributed by atoms with Gasteiger partial charge in [0.05, 0.1) is 6.10 Å². The molecule has 0 aliphatic rings. The molecule has 4 nitrogen and oxygen atoms in total. The van der Waals surface area contributed by atoms with E-state index in [1.54, 1.807) is 13.0 Å². The highest BCUT2D eigenvalue weighted by Gasteiger charge is 2.09. The summed E-state index contributed by atoms with van der Waals surface area (Å²) in [7, 11) is 0. The molecular weight excluding hydrogens is 254 g/mol. The van der Waals surface area contributed by atoms with Gasteiger partial charge in [0.1, 0.15) is 5.75 Å². The van der Waals surface area contributed by atoms with Crippen LogP contribution in [0.5, 0.6) is 5.75 Å². The normalized spacial score (nSPS) is 13.7. The van der Waals surface area contributed by atoms with Crippen molar-refractivity contribution < 1.29 is 14.6 Å². The Morgan fingerprint density at radius 2 is 2.10 bits per heavy atom. The Morgan fingerprint density at radius 1 is 1.40 bits per heavy atom. The van der Waals surface area contributed by atoms with Gasteiger partial charge in [0.25, 0.3) is 5.91 Å². The Hall–Kier alpha value is -1.55. The number of aliphatic hydroxyl groups excluding tert-OH is 1. The number of ether oxygens (including phenoxy) is 1. The van der Waals surface area contributed by atoms with Crippen molar-refractivity contribution in [1.29, 1.82) is 0 Å². The van der Waals surface area contributed by atoms with Crippen LogP contribution in [0.3, 0.4) is 0 Å². The molecule has 0 spiro atoms. The zero-order valence-electron chi connectivity index (χ0n) is 12.8. The third-order valence-electron chi connectivity index (χ3n) is 3.17. The highest BCUT2D eigenvalue weighted by Crippen LogP contribution is 2.22. The van der Waals surface area contributed by atoms with Gasteiger partial charge in [0.2, 0.25) is 0 Å². The molecule has 0 heterocycles. The van der Waals surface area contributed by atoms with E-state index in [2.05, 4.69) is 12.2 Å². The minimum atomic E-state index is -0.499. The lowest BCUT2D eigenvalue weighted by molar-refractivity contribution is -0.123. The topological polar surface area (TPSA) is 58.6 Å². The summed E-state index contributed by atoms with van der Waals surface area (Å²) in [5.74, 6) is 0.567. The van der Waals surface area contributed by atoms with Crippen molar-refractivity contribution in [2.45, 2.75) is 52.7 Å². The van der Waals surface area contributed by atoms with Crippen LogP contribution in [0.25, 0.3) is 0 Å². The predicted molar refractivity (Wildman–Crippen MR) is 79.8 cm³/mol. The van der Waals surface area contributed by atoms with Crippen LogP contribution in [-0.2, 0) is 4.79 Å². The van der Waals surface area contributed by atoms with E-state index in [0.717, 1.165) is 24.0 Å². The molecule has 1 rings (SSSR count). The summed E-state index contributed by atoms with van der Waals surface area (Å²) < 4.78 is 5.52. The second-order valence-corrected chi connectivity index (χ2v) is 5.25. The lowest BCUT2D eigenvalue weighted by Crippen LogP contribution is -2.36. The molecule has 0 aliphatic heterocycles. The summed E-state index contributed by atoms with van der Waals surface area (Å²) in [4.78, 5) is 11.7. The van der Waals surface area contributed by atoms with E-state index in [0.29, 0.717) is 5.75 Å². The summed E-state index contributed by atoms with van der Waals surface area (Å²) in [6.45, 7) is 7.72. The monoisotopic (exact) mass is 279 g/mol. The average Bonchev–Trinajstić information content (AvgIpc) is 2.37. The van der Waals surface area contributed by atoms with E-state index in [1.807, 2.05) is 26.0 Å². The van der Waals surface area contributed by atoms with Gasteiger partial charge < -0.3 is 15.2 Å². The van der Waals surface area contributed by atoms with E-state index in [4.69, 9.17) is 4.74 Å². The third kappa shape index (κ3) is 5.21. The van der Waals surface area contributed by atoms with Crippen molar-refractivity contribution in [2.75, 3.05) is 6.61 Å². The summed E-state index contributed by atoms with van der Waals surface area (Å²) in [6, 6.07) is 5.65. The van der Waals surface area contributed by atoms with Crippen LogP contribution in [0, 0.1) is 6.92 Å². The predicted octanol–water partition coefficient (Wildman–Crippen LogP) is 2.73. The van der Waals surface area contributed by atoms with Gasteiger partial charge in [-0.25, -0.2) is 0 Å². The Balaban J connectivity index is 2.51. The number of hydrogen-bond acceptors (Lipinski definition) is 3. The first kappa shape index (κ1) is 16.5. The number of carbonyl (C=O) groups is 1.